The van der Waals surface area contributed by atoms with Crippen molar-refractivity contribution in [3.8, 4) is 0 Å². The highest BCUT2D eigenvalue weighted by atomic mass is 32.2. The molecule has 43 heavy (non-hydrogen) atoms. The second kappa shape index (κ2) is 12.8. The van der Waals surface area contributed by atoms with E-state index in [1.165, 1.54) is 47.9 Å². The van der Waals surface area contributed by atoms with E-state index in [1.807, 2.05) is 60.7 Å². The number of nitrogens with one attached hydrogen (secondary N) is 2. The van der Waals surface area contributed by atoms with Gasteiger partial charge in [0, 0.05) is 24.8 Å². The van der Waals surface area contributed by atoms with Crippen molar-refractivity contribution in [1.82, 2.24) is 15.5 Å². The number of esters is 1. The van der Waals surface area contributed by atoms with E-state index in [1.54, 1.807) is 0 Å². The Morgan fingerprint density at radius 3 is 2.16 bits per heavy atom. The van der Waals surface area contributed by atoms with Crippen LogP contribution in [0, 0.1) is 10.1 Å². The molecule has 2 aliphatic heterocycles. The van der Waals surface area contributed by atoms with Crippen LogP contribution in [0.4, 0.5) is 10.5 Å². The molecule has 1 fully saturated rings. The van der Waals surface area contributed by atoms with E-state index in [0.717, 1.165) is 11.1 Å². The maximum absolute atomic E-state index is 13.7. The first-order valence-corrected chi connectivity index (χ1v) is 14.2. The van der Waals surface area contributed by atoms with Crippen molar-refractivity contribution in [1.29, 1.82) is 0 Å². The van der Waals surface area contributed by atoms with Crippen LogP contribution in [0.25, 0.3) is 0 Å². The molecule has 3 aromatic carbocycles. The van der Waals surface area contributed by atoms with E-state index < -0.39 is 46.3 Å². The normalized spacial score (nSPS) is 17.4. The standard InChI is InChI=1S/C30H26N4O8S/c1-18(35)31-23-17-43-28-24(32-30(38)41-16-19-12-14-22(15-13-19)34(39)40)27(36)33(28)25(23)29(37)42-26(20-8-4-2-5-9-20)21-10-6-3-7-11-21/h2-15,24,26,28H,16-17H2,1H3,(H,31,35)(H,32,38)/t24?,28-/m1/s1. The van der Waals surface area contributed by atoms with Crippen LogP contribution in [0.1, 0.15) is 29.7 Å². The predicted octanol–water partition coefficient (Wildman–Crippen LogP) is 3.79. The minimum absolute atomic E-state index is 0.0949. The fourth-order valence-corrected chi connectivity index (χ4v) is 5.98. The summed E-state index contributed by atoms with van der Waals surface area (Å²) in [5.74, 6) is -1.62. The van der Waals surface area contributed by atoms with Gasteiger partial charge in [0.25, 0.3) is 11.6 Å². The number of carbonyl (C=O) groups is 4. The Balaban J connectivity index is 1.31. The lowest BCUT2D eigenvalue weighted by Crippen LogP contribution is -2.71. The third-order valence-electron chi connectivity index (χ3n) is 6.71. The number of rotatable bonds is 9. The quantitative estimate of drug-likeness (QED) is 0.161. The Bertz CT molecular complexity index is 1540. The molecule has 1 saturated heterocycles. The zero-order valence-electron chi connectivity index (χ0n) is 22.8. The Kier molecular flexibility index (Phi) is 8.71. The molecule has 3 aromatic rings. The van der Waals surface area contributed by atoms with Crippen LogP contribution >= 0.6 is 11.8 Å². The highest BCUT2D eigenvalue weighted by Crippen LogP contribution is 2.41. The van der Waals surface area contributed by atoms with Gasteiger partial charge in [0.05, 0.1) is 10.6 Å². The second-order valence-electron chi connectivity index (χ2n) is 9.65. The van der Waals surface area contributed by atoms with Crippen LogP contribution in [0.5, 0.6) is 0 Å². The number of carbonyl (C=O) groups excluding carboxylic acids is 4. The van der Waals surface area contributed by atoms with E-state index >= 15 is 0 Å². The zero-order valence-corrected chi connectivity index (χ0v) is 23.6. The zero-order chi connectivity index (χ0) is 30.5. The first kappa shape index (κ1) is 29.3. The molecule has 12 nitrogen and oxygen atoms in total. The molecule has 0 spiro atoms. The predicted molar refractivity (Wildman–Crippen MR) is 155 cm³/mol. The fourth-order valence-electron chi connectivity index (χ4n) is 4.70. The number of fused-ring (bicyclic) bond motifs is 1. The van der Waals surface area contributed by atoms with Crippen LogP contribution in [0.15, 0.2) is 96.3 Å². The summed E-state index contributed by atoms with van der Waals surface area (Å²) in [6, 6.07) is 22.8. The Morgan fingerprint density at radius 1 is 1.00 bits per heavy atom. The lowest BCUT2D eigenvalue weighted by Gasteiger charge is -2.49. The molecule has 3 amide bonds. The topological polar surface area (TPSA) is 157 Å². The average Bonchev–Trinajstić information content (AvgIpc) is 3.01. The van der Waals surface area contributed by atoms with Crippen LogP contribution in [0.3, 0.4) is 0 Å². The number of nitro groups is 1. The number of amides is 3. The molecule has 2 atom stereocenters. The van der Waals surface area contributed by atoms with E-state index in [2.05, 4.69) is 10.6 Å². The third-order valence-corrected chi connectivity index (χ3v) is 7.99. The van der Waals surface area contributed by atoms with Crippen molar-refractivity contribution in [2.75, 3.05) is 5.75 Å². The van der Waals surface area contributed by atoms with Crippen molar-refractivity contribution in [2.24, 2.45) is 0 Å². The minimum atomic E-state index is -0.991. The molecular weight excluding hydrogens is 576 g/mol. The Labute approximate surface area is 250 Å². The molecule has 220 valence electrons. The Hall–Kier alpha value is -5.17. The van der Waals surface area contributed by atoms with Crippen molar-refractivity contribution in [2.45, 2.75) is 31.1 Å². The lowest BCUT2D eigenvalue weighted by atomic mass is 10.0. The number of thioether (sulfide) groups is 1. The maximum Gasteiger partial charge on any atom is 0.408 e. The highest BCUT2D eigenvalue weighted by Gasteiger charge is 2.55. The molecule has 0 bridgehead atoms. The van der Waals surface area contributed by atoms with Gasteiger partial charge in [-0.05, 0) is 28.8 Å². The van der Waals surface area contributed by atoms with Gasteiger partial charge in [0.1, 0.15) is 18.0 Å². The van der Waals surface area contributed by atoms with E-state index in [0.29, 0.717) is 5.56 Å². The smallest absolute Gasteiger partial charge is 0.408 e. The maximum atomic E-state index is 13.7. The molecule has 13 heteroatoms. The number of β-lactam (4-membered cyclic amide) rings is 1. The second-order valence-corrected chi connectivity index (χ2v) is 10.8. The number of alkyl carbamates (subject to hydrolysis) is 1. The third kappa shape index (κ3) is 6.51. The highest BCUT2D eigenvalue weighted by molar-refractivity contribution is 8.00. The van der Waals surface area contributed by atoms with Crippen molar-refractivity contribution < 1.29 is 33.6 Å². The summed E-state index contributed by atoms with van der Waals surface area (Å²) in [4.78, 5) is 63.0. The van der Waals surface area contributed by atoms with Gasteiger partial charge in [-0.25, -0.2) is 9.59 Å². The number of ether oxygens (including phenoxy) is 2. The van der Waals surface area contributed by atoms with Gasteiger partial charge < -0.3 is 20.1 Å². The summed E-state index contributed by atoms with van der Waals surface area (Å²) in [5, 5.41) is 15.4. The van der Waals surface area contributed by atoms with Crippen LogP contribution in [-0.4, -0.2) is 50.9 Å². The van der Waals surface area contributed by atoms with Crippen LogP contribution < -0.4 is 10.6 Å². The van der Waals surface area contributed by atoms with Crippen LogP contribution in [-0.2, 0) is 30.5 Å². The molecular formula is C30H26N4O8S. The number of non-ortho nitro benzene ring substituents is 1. The molecule has 0 radical (unpaired) electrons. The van der Waals surface area contributed by atoms with Gasteiger partial charge in [-0.2, -0.15) is 0 Å². The summed E-state index contributed by atoms with van der Waals surface area (Å²) >= 11 is 1.26. The van der Waals surface area contributed by atoms with Gasteiger partial charge in [-0.3, -0.25) is 24.6 Å². The molecule has 0 aliphatic carbocycles. The van der Waals surface area contributed by atoms with Crippen molar-refractivity contribution >= 4 is 41.3 Å². The van der Waals surface area contributed by atoms with Gasteiger partial charge in [-0.1, -0.05) is 60.7 Å². The number of nitrogens with zero attached hydrogens (tertiary/aromatic N) is 2. The van der Waals surface area contributed by atoms with Crippen molar-refractivity contribution in [3.63, 3.8) is 0 Å². The van der Waals surface area contributed by atoms with Gasteiger partial charge >= 0.3 is 12.1 Å². The first-order valence-electron chi connectivity index (χ1n) is 13.2. The summed E-state index contributed by atoms with van der Waals surface area (Å²) in [7, 11) is 0. The van der Waals surface area contributed by atoms with Gasteiger partial charge in [0.2, 0.25) is 5.91 Å². The molecule has 2 aliphatic rings. The van der Waals surface area contributed by atoms with Crippen molar-refractivity contribution in [3.05, 3.63) is 123 Å². The lowest BCUT2D eigenvalue weighted by molar-refractivity contribution is -0.384. The van der Waals surface area contributed by atoms with Gasteiger partial charge in [-0.15, -0.1) is 11.8 Å². The molecule has 1 unspecified atom stereocenters. The number of nitro benzene ring substituents is 1. The summed E-state index contributed by atoms with van der Waals surface area (Å²) in [5.41, 5.74) is 1.99. The Morgan fingerprint density at radius 2 is 1.60 bits per heavy atom. The molecule has 2 N–H and O–H groups in total. The SMILES string of the molecule is CC(=O)NC1=C(C(=O)OC(c2ccccc2)c2ccccc2)N2C(=O)C(NC(=O)OCc3ccc([N+](=O)[O-])cc3)[C@H]2SC1. The van der Waals surface area contributed by atoms with E-state index in [9.17, 15) is 29.3 Å². The van der Waals surface area contributed by atoms with E-state index in [4.69, 9.17) is 9.47 Å². The molecule has 2 heterocycles. The monoisotopic (exact) mass is 602 g/mol. The summed E-state index contributed by atoms with van der Waals surface area (Å²) in [6.07, 6.45) is -1.65. The summed E-state index contributed by atoms with van der Waals surface area (Å²) in [6.45, 7) is 1.13. The fraction of sp³-hybridized carbons (Fsp3) is 0.200. The average molecular weight is 603 g/mol. The molecule has 5 rings (SSSR count). The van der Waals surface area contributed by atoms with E-state index in [-0.39, 0.29) is 29.4 Å². The number of hydrogen-bond acceptors (Lipinski definition) is 9. The first-order chi connectivity index (χ1) is 20.7. The summed E-state index contributed by atoms with van der Waals surface area (Å²) < 4.78 is 11.2. The number of hydrogen-bond donors (Lipinski definition) is 2. The molecule has 0 saturated carbocycles. The number of benzene rings is 3. The minimum Gasteiger partial charge on any atom is -0.448 e. The van der Waals surface area contributed by atoms with Gasteiger partial charge in [0.15, 0.2) is 11.8 Å². The van der Waals surface area contributed by atoms with Crippen LogP contribution in [0.2, 0.25) is 0 Å². The molecule has 0 aromatic heterocycles. The largest absolute Gasteiger partial charge is 0.448 e.